The maximum atomic E-state index is 12.8. The second-order valence-corrected chi connectivity index (χ2v) is 18.8. The van der Waals surface area contributed by atoms with Crippen molar-refractivity contribution < 1.29 is 23.8 Å². The third kappa shape index (κ3) is 51.0. The van der Waals surface area contributed by atoms with E-state index < -0.39 is 6.10 Å². The Labute approximate surface area is 387 Å². The van der Waals surface area contributed by atoms with Gasteiger partial charge in [-0.2, -0.15) is 0 Å². The molecule has 62 heavy (non-hydrogen) atoms. The minimum Gasteiger partial charge on any atom is -0.462 e. The lowest BCUT2D eigenvalue weighted by atomic mass is 10.0. The Morgan fingerprint density at radius 1 is 0.339 bits per heavy atom. The summed E-state index contributed by atoms with van der Waals surface area (Å²) < 4.78 is 17.4. The van der Waals surface area contributed by atoms with Crippen molar-refractivity contribution in [3.05, 3.63) is 24.3 Å². The molecule has 0 rings (SSSR count). The number of carbonyl (C=O) groups is 2. The number of unbranched alkanes of at least 4 members (excludes halogenated alkanes) is 37. The highest BCUT2D eigenvalue weighted by Gasteiger charge is 2.17. The first-order valence-corrected chi connectivity index (χ1v) is 27.9. The maximum absolute atomic E-state index is 12.8. The van der Waals surface area contributed by atoms with Crippen LogP contribution in [0.5, 0.6) is 0 Å². The molecule has 5 nitrogen and oxygen atoms in total. The maximum Gasteiger partial charge on any atom is 0.306 e. The summed E-state index contributed by atoms with van der Waals surface area (Å²) in [5.74, 6) is -0.391. The van der Waals surface area contributed by atoms with Gasteiger partial charge < -0.3 is 14.2 Å². The van der Waals surface area contributed by atoms with Crippen molar-refractivity contribution in [1.29, 1.82) is 0 Å². The minimum atomic E-state index is -0.537. The highest BCUT2D eigenvalue weighted by molar-refractivity contribution is 5.70. The second-order valence-electron chi connectivity index (χ2n) is 18.8. The number of allylic oxidation sites excluding steroid dienone is 4. The zero-order chi connectivity index (χ0) is 44.9. The lowest BCUT2D eigenvalue weighted by Crippen LogP contribution is -2.30. The van der Waals surface area contributed by atoms with Crippen LogP contribution < -0.4 is 0 Å². The van der Waals surface area contributed by atoms with Crippen LogP contribution in [0, 0.1) is 0 Å². The van der Waals surface area contributed by atoms with Crippen molar-refractivity contribution in [2.24, 2.45) is 0 Å². The molecule has 0 radical (unpaired) electrons. The fraction of sp³-hybridized carbons (Fsp3) is 0.895. The first kappa shape index (κ1) is 60.4. The van der Waals surface area contributed by atoms with E-state index in [2.05, 4.69) is 45.1 Å². The van der Waals surface area contributed by atoms with Crippen molar-refractivity contribution in [2.45, 2.75) is 309 Å². The van der Waals surface area contributed by atoms with Gasteiger partial charge >= 0.3 is 11.9 Å². The first-order valence-electron chi connectivity index (χ1n) is 27.9. The van der Waals surface area contributed by atoms with Gasteiger partial charge in [0.15, 0.2) is 6.10 Å². The van der Waals surface area contributed by atoms with Crippen LogP contribution in [0.4, 0.5) is 0 Å². The van der Waals surface area contributed by atoms with Crippen molar-refractivity contribution in [1.82, 2.24) is 0 Å². The topological polar surface area (TPSA) is 61.8 Å². The fourth-order valence-electron chi connectivity index (χ4n) is 8.25. The van der Waals surface area contributed by atoms with Crippen LogP contribution in [-0.2, 0) is 23.8 Å². The SMILES string of the molecule is CCCC/C=C\CCCCCCCCOCC(COC(=O)CCCCCCCCCCCCCCCCCCCCC)OC(=O)CCCCCCC/C=C\CCCCCCCC. The number of carbonyl (C=O) groups excluding carboxylic acids is 2. The Kier molecular flexibility index (Phi) is 52.3. The van der Waals surface area contributed by atoms with Crippen LogP contribution in [0.3, 0.4) is 0 Å². The summed E-state index contributed by atoms with van der Waals surface area (Å²) in [5.41, 5.74) is 0. The highest BCUT2D eigenvalue weighted by Crippen LogP contribution is 2.16. The van der Waals surface area contributed by atoms with E-state index in [9.17, 15) is 9.59 Å². The molecular weight excluding hydrogens is 765 g/mol. The molecule has 0 saturated heterocycles. The molecule has 0 aliphatic carbocycles. The summed E-state index contributed by atoms with van der Waals surface area (Å²) in [6, 6.07) is 0. The summed E-state index contributed by atoms with van der Waals surface area (Å²) in [5, 5.41) is 0. The van der Waals surface area contributed by atoms with Gasteiger partial charge in [-0.1, -0.05) is 251 Å². The Hall–Kier alpha value is -1.62. The number of hydrogen-bond acceptors (Lipinski definition) is 5. The average molecular weight is 873 g/mol. The fourth-order valence-corrected chi connectivity index (χ4v) is 8.25. The Morgan fingerprint density at radius 2 is 0.645 bits per heavy atom. The molecular formula is C57H108O5. The van der Waals surface area contributed by atoms with Crippen LogP contribution in [-0.4, -0.2) is 37.9 Å². The van der Waals surface area contributed by atoms with E-state index in [-0.39, 0.29) is 25.2 Å². The molecule has 366 valence electrons. The number of hydrogen-bond donors (Lipinski definition) is 0. The highest BCUT2D eigenvalue weighted by atomic mass is 16.6. The second kappa shape index (κ2) is 53.7. The van der Waals surface area contributed by atoms with Crippen LogP contribution in [0.2, 0.25) is 0 Å². The van der Waals surface area contributed by atoms with Gasteiger partial charge in [-0.05, 0) is 64.2 Å². The Morgan fingerprint density at radius 3 is 1.03 bits per heavy atom. The van der Waals surface area contributed by atoms with Gasteiger partial charge in [0.2, 0.25) is 0 Å². The summed E-state index contributed by atoms with van der Waals surface area (Å²) in [4.78, 5) is 25.4. The quantitative estimate of drug-likeness (QED) is 0.0346. The molecule has 0 heterocycles. The van der Waals surface area contributed by atoms with E-state index in [1.54, 1.807) is 0 Å². The normalized spacial score (nSPS) is 12.2. The van der Waals surface area contributed by atoms with Gasteiger partial charge in [-0.25, -0.2) is 0 Å². The van der Waals surface area contributed by atoms with Crippen LogP contribution in [0.15, 0.2) is 24.3 Å². The zero-order valence-corrected chi connectivity index (χ0v) is 42.2. The molecule has 0 amide bonds. The molecule has 0 aromatic heterocycles. The van der Waals surface area contributed by atoms with Crippen molar-refractivity contribution in [3.63, 3.8) is 0 Å². The van der Waals surface area contributed by atoms with Gasteiger partial charge in [0.1, 0.15) is 6.61 Å². The number of rotatable bonds is 52. The smallest absolute Gasteiger partial charge is 0.306 e. The van der Waals surface area contributed by atoms with Crippen LogP contribution in [0.1, 0.15) is 303 Å². The molecule has 0 spiro atoms. The zero-order valence-electron chi connectivity index (χ0n) is 42.2. The van der Waals surface area contributed by atoms with E-state index in [1.165, 1.54) is 218 Å². The van der Waals surface area contributed by atoms with Crippen molar-refractivity contribution in [2.75, 3.05) is 19.8 Å². The first-order chi connectivity index (χ1) is 30.6. The average Bonchev–Trinajstić information content (AvgIpc) is 3.27. The standard InChI is InChI=1S/C57H108O5/c1-4-7-10-13-16-19-22-25-27-28-29-30-32-33-35-38-41-44-47-50-56(58)61-54-55(53-60-52-49-46-43-40-37-24-21-18-15-12-9-6-3)62-57(59)51-48-45-42-39-36-34-31-26-23-20-17-14-11-8-5-2/h15,18,26,31,55H,4-14,16-17,19-25,27-30,32-54H2,1-3H3/b18-15-,31-26-. The Balaban J connectivity index is 4.18. The van der Waals surface area contributed by atoms with Gasteiger partial charge in [-0.3, -0.25) is 9.59 Å². The predicted molar refractivity (Wildman–Crippen MR) is 270 cm³/mol. The molecule has 0 aromatic carbocycles. The molecule has 0 aliphatic heterocycles. The predicted octanol–water partition coefficient (Wildman–Crippen LogP) is 18.8. The van der Waals surface area contributed by atoms with E-state index in [4.69, 9.17) is 14.2 Å². The van der Waals surface area contributed by atoms with Crippen LogP contribution >= 0.6 is 0 Å². The Bertz CT molecular complexity index is 943. The number of ether oxygens (including phenoxy) is 3. The van der Waals surface area contributed by atoms with Crippen molar-refractivity contribution in [3.8, 4) is 0 Å². The van der Waals surface area contributed by atoms with Gasteiger partial charge in [0.05, 0.1) is 6.61 Å². The molecule has 0 fully saturated rings. The molecule has 0 N–H and O–H groups in total. The van der Waals surface area contributed by atoms with Crippen molar-refractivity contribution >= 4 is 11.9 Å². The minimum absolute atomic E-state index is 0.0863. The van der Waals surface area contributed by atoms with E-state index in [1.807, 2.05) is 0 Å². The van der Waals surface area contributed by atoms with Gasteiger partial charge in [0.25, 0.3) is 0 Å². The molecule has 0 aromatic rings. The lowest BCUT2D eigenvalue weighted by molar-refractivity contribution is -0.163. The largest absolute Gasteiger partial charge is 0.462 e. The van der Waals surface area contributed by atoms with Gasteiger partial charge in [-0.15, -0.1) is 0 Å². The van der Waals surface area contributed by atoms with E-state index in [0.717, 1.165) is 51.4 Å². The summed E-state index contributed by atoms with van der Waals surface area (Å²) >= 11 is 0. The summed E-state index contributed by atoms with van der Waals surface area (Å²) in [6.45, 7) is 7.83. The van der Waals surface area contributed by atoms with Gasteiger partial charge in [0, 0.05) is 19.4 Å². The third-order valence-electron chi connectivity index (χ3n) is 12.5. The van der Waals surface area contributed by atoms with E-state index >= 15 is 0 Å². The van der Waals surface area contributed by atoms with Crippen LogP contribution in [0.25, 0.3) is 0 Å². The molecule has 1 unspecified atom stereocenters. The monoisotopic (exact) mass is 873 g/mol. The molecule has 0 bridgehead atoms. The molecule has 5 heteroatoms. The van der Waals surface area contributed by atoms with E-state index in [0.29, 0.717) is 19.4 Å². The molecule has 0 saturated carbocycles. The number of esters is 2. The molecule has 0 aliphatic rings. The molecule has 1 atom stereocenters. The lowest BCUT2D eigenvalue weighted by Gasteiger charge is -2.18. The summed E-state index contributed by atoms with van der Waals surface area (Å²) in [6.07, 6.45) is 63.4. The summed E-state index contributed by atoms with van der Waals surface area (Å²) in [7, 11) is 0. The third-order valence-corrected chi connectivity index (χ3v) is 12.5.